The highest BCUT2D eigenvalue weighted by Crippen LogP contribution is 2.24. The van der Waals surface area contributed by atoms with Gasteiger partial charge < -0.3 is 5.32 Å². The third kappa shape index (κ3) is 3.25. The molecule has 0 aliphatic heterocycles. The molecule has 0 saturated carbocycles. The molecular formula is C16H18N4S. The smallest absolute Gasteiger partial charge is 0.161 e. The Morgan fingerprint density at radius 1 is 1.24 bits per heavy atom. The molecule has 0 aliphatic carbocycles. The van der Waals surface area contributed by atoms with E-state index in [0.29, 0.717) is 6.04 Å². The number of aromatic nitrogens is 3. The van der Waals surface area contributed by atoms with E-state index >= 15 is 0 Å². The van der Waals surface area contributed by atoms with Crippen LogP contribution in [0.5, 0.6) is 0 Å². The molecule has 5 heteroatoms. The van der Waals surface area contributed by atoms with Gasteiger partial charge in [-0.3, -0.25) is 4.98 Å². The highest BCUT2D eigenvalue weighted by atomic mass is 32.1. The molecule has 3 aromatic heterocycles. The Morgan fingerprint density at radius 3 is 2.90 bits per heavy atom. The largest absolute Gasteiger partial charge is 0.309 e. The maximum Gasteiger partial charge on any atom is 0.161 e. The van der Waals surface area contributed by atoms with Crippen LogP contribution in [0.1, 0.15) is 25.2 Å². The Bertz CT molecular complexity index is 764. The molecule has 0 unspecified atom stereocenters. The average Bonchev–Trinajstić information content (AvgIpc) is 2.92. The molecule has 0 bridgehead atoms. The van der Waals surface area contributed by atoms with Gasteiger partial charge in [0.2, 0.25) is 0 Å². The van der Waals surface area contributed by atoms with E-state index < -0.39 is 0 Å². The van der Waals surface area contributed by atoms with Crippen LogP contribution in [0.3, 0.4) is 0 Å². The van der Waals surface area contributed by atoms with E-state index in [-0.39, 0.29) is 0 Å². The number of nitrogens with one attached hydrogen (secondary N) is 1. The van der Waals surface area contributed by atoms with Crippen molar-refractivity contribution in [2.75, 3.05) is 0 Å². The Hall–Kier alpha value is -1.85. The summed E-state index contributed by atoms with van der Waals surface area (Å²) >= 11 is 1.69. The fourth-order valence-corrected chi connectivity index (χ4v) is 2.91. The normalized spacial score (nSPS) is 11.4. The fourth-order valence-electron chi connectivity index (χ4n) is 2.13. The fraction of sp³-hybridized carbons (Fsp3) is 0.312. The molecule has 108 valence electrons. The number of fused-ring (bicyclic) bond motifs is 1. The first-order valence-corrected chi connectivity index (χ1v) is 7.91. The quantitative estimate of drug-likeness (QED) is 0.800. The van der Waals surface area contributed by atoms with Crippen molar-refractivity contribution in [3.63, 3.8) is 0 Å². The molecule has 0 saturated heterocycles. The van der Waals surface area contributed by atoms with Crippen LogP contribution in [0.4, 0.5) is 0 Å². The van der Waals surface area contributed by atoms with Crippen molar-refractivity contribution in [1.29, 1.82) is 0 Å². The van der Waals surface area contributed by atoms with E-state index in [1.165, 1.54) is 4.70 Å². The van der Waals surface area contributed by atoms with Crippen molar-refractivity contribution < 1.29 is 0 Å². The molecule has 0 fully saturated rings. The number of hydrogen-bond acceptors (Lipinski definition) is 5. The van der Waals surface area contributed by atoms with Crippen molar-refractivity contribution in [1.82, 2.24) is 20.3 Å². The molecular weight excluding hydrogens is 280 g/mol. The number of hydrogen-bond donors (Lipinski definition) is 1. The van der Waals surface area contributed by atoms with Crippen molar-refractivity contribution in [3.8, 4) is 11.4 Å². The van der Waals surface area contributed by atoms with Crippen LogP contribution >= 0.6 is 11.3 Å². The lowest BCUT2D eigenvalue weighted by atomic mass is 10.2. The first-order valence-electron chi connectivity index (χ1n) is 7.03. The van der Waals surface area contributed by atoms with Gasteiger partial charge in [0.15, 0.2) is 5.82 Å². The number of nitrogens with zero attached hydrogens (tertiary/aromatic N) is 3. The number of rotatable bonds is 4. The highest BCUT2D eigenvalue weighted by molar-refractivity contribution is 7.17. The summed E-state index contributed by atoms with van der Waals surface area (Å²) in [5.41, 5.74) is 3.99. The van der Waals surface area contributed by atoms with Crippen LogP contribution in [0.2, 0.25) is 0 Å². The Labute approximate surface area is 128 Å². The first-order chi connectivity index (χ1) is 10.1. The van der Waals surface area contributed by atoms with Gasteiger partial charge in [0.1, 0.15) is 0 Å². The highest BCUT2D eigenvalue weighted by Gasteiger charge is 2.08. The van der Waals surface area contributed by atoms with Gasteiger partial charge in [0.05, 0.1) is 15.9 Å². The molecule has 21 heavy (non-hydrogen) atoms. The van der Waals surface area contributed by atoms with Crippen LogP contribution in [-0.2, 0) is 6.54 Å². The summed E-state index contributed by atoms with van der Waals surface area (Å²) in [5, 5.41) is 5.44. The van der Waals surface area contributed by atoms with Gasteiger partial charge in [-0.2, -0.15) is 0 Å². The minimum absolute atomic E-state index is 0.438. The summed E-state index contributed by atoms with van der Waals surface area (Å²) in [6.45, 7) is 7.01. The first kappa shape index (κ1) is 14.1. The Morgan fingerprint density at radius 2 is 2.10 bits per heavy atom. The van der Waals surface area contributed by atoms with E-state index in [1.54, 1.807) is 11.3 Å². The molecule has 0 radical (unpaired) electrons. The molecule has 4 nitrogen and oxygen atoms in total. The van der Waals surface area contributed by atoms with Gasteiger partial charge in [0, 0.05) is 30.0 Å². The zero-order valence-electron chi connectivity index (χ0n) is 12.4. The topological polar surface area (TPSA) is 50.7 Å². The van der Waals surface area contributed by atoms with Gasteiger partial charge in [-0.1, -0.05) is 13.8 Å². The van der Waals surface area contributed by atoms with Crippen molar-refractivity contribution in [2.24, 2.45) is 0 Å². The summed E-state index contributed by atoms with van der Waals surface area (Å²) in [6.07, 6.45) is 1.85. The number of aryl methyl sites for hydroxylation is 1. The average molecular weight is 298 g/mol. The third-order valence-electron chi connectivity index (χ3n) is 3.16. The zero-order chi connectivity index (χ0) is 14.8. The van der Waals surface area contributed by atoms with E-state index in [1.807, 2.05) is 25.3 Å². The standard InChI is InChI=1S/C16H18N4S/c1-10(2)17-9-13-6-11(3)19-16(20-13)12-7-15-14(18-8-12)4-5-21-15/h4-8,10,17H,9H2,1-3H3. The lowest BCUT2D eigenvalue weighted by Crippen LogP contribution is -2.22. The summed E-state index contributed by atoms with van der Waals surface area (Å²) in [4.78, 5) is 13.7. The Balaban J connectivity index is 1.96. The summed E-state index contributed by atoms with van der Waals surface area (Å²) in [6, 6.07) is 6.60. The molecule has 3 heterocycles. The third-order valence-corrected chi connectivity index (χ3v) is 4.01. The van der Waals surface area contributed by atoms with Gasteiger partial charge in [-0.15, -0.1) is 11.3 Å². The second-order valence-corrected chi connectivity index (χ2v) is 6.34. The zero-order valence-corrected chi connectivity index (χ0v) is 13.2. The van der Waals surface area contributed by atoms with Gasteiger partial charge in [0.25, 0.3) is 0 Å². The van der Waals surface area contributed by atoms with Crippen LogP contribution < -0.4 is 5.32 Å². The number of thiophene rings is 1. The lowest BCUT2D eigenvalue weighted by molar-refractivity contribution is 0.580. The molecule has 3 aromatic rings. The van der Waals surface area contributed by atoms with Crippen molar-refractivity contribution >= 4 is 21.6 Å². The molecule has 0 aliphatic rings. The van der Waals surface area contributed by atoms with Crippen molar-refractivity contribution in [2.45, 2.75) is 33.4 Å². The monoisotopic (exact) mass is 298 g/mol. The van der Waals surface area contributed by atoms with Crippen molar-refractivity contribution in [3.05, 3.63) is 41.2 Å². The summed E-state index contributed by atoms with van der Waals surface area (Å²) in [5.74, 6) is 0.748. The maximum atomic E-state index is 4.66. The predicted octanol–water partition coefficient (Wildman–Crippen LogP) is 3.56. The predicted molar refractivity (Wildman–Crippen MR) is 87.4 cm³/mol. The van der Waals surface area contributed by atoms with E-state index in [9.17, 15) is 0 Å². The summed E-state index contributed by atoms with van der Waals surface area (Å²) in [7, 11) is 0. The Kier molecular flexibility index (Phi) is 3.94. The molecule has 1 N–H and O–H groups in total. The minimum Gasteiger partial charge on any atom is -0.309 e. The minimum atomic E-state index is 0.438. The second kappa shape index (κ2) is 5.87. The van der Waals surface area contributed by atoms with Crippen LogP contribution in [0.15, 0.2) is 29.8 Å². The van der Waals surface area contributed by atoms with Crippen LogP contribution in [0.25, 0.3) is 21.6 Å². The van der Waals surface area contributed by atoms with Crippen LogP contribution in [-0.4, -0.2) is 21.0 Å². The molecule has 0 atom stereocenters. The molecule has 0 aromatic carbocycles. The van der Waals surface area contributed by atoms with Gasteiger partial charge in [-0.05, 0) is 30.5 Å². The van der Waals surface area contributed by atoms with Gasteiger partial charge in [-0.25, -0.2) is 9.97 Å². The van der Waals surface area contributed by atoms with E-state index in [4.69, 9.17) is 0 Å². The summed E-state index contributed by atoms with van der Waals surface area (Å²) < 4.78 is 1.17. The maximum absolute atomic E-state index is 4.66. The number of pyridine rings is 1. The molecule has 3 rings (SSSR count). The molecule has 0 amide bonds. The van der Waals surface area contributed by atoms with Gasteiger partial charge >= 0.3 is 0 Å². The van der Waals surface area contributed by atoms with Crippen LogP contribution in [0, 0.1) is 6.92 Å². The lowest BCUT2D eigenvalue weighted by Gasteiger charge is -2.09. The van der Waals surface area contributed by atoms with E-state index in [2.05, 4.69) is 45.6 Å². The van der Waals surface area contributed by atoms with E-state index in [0.717, 1.165) is 34.8 Å². The second-order valence-electron chi connectivity index (χ2n) is 5.39. The molecule has 0 spiro atoms. The SMILES string of the molecule is Cc1cc(CNC(C)C)nc(-c2cnc3ccsc3c2)n1.